The Morgan fingerprint density at radius 1 is 1.08 bits per heavy atom. The van der Waals surface area contributed by atoms with E-state index in [1.807, 2.05) is 42.3 Å². The van der Waals surface area contributed by atoms with Crippen molar-refractivity contribution in [2.75, 3.05) is 31.6 Å². The number of rotatable bonds is 5. The molecule has 9 heteroatoms. The number of likely N-dealkylation sites (N-methyl/N-ethyl adjacent to an activating group) is 1. The molecule has 4 heterocycles. The standard InChI is InChI=1S/C28H31N3O5S/c1-19-14-22-24(17-35-19)23-16-31(11-10-25(23)29-26(22)18-36-20-6-4-3-5-7-20)37(32,33)21-8-9-28-27(15-21)30(2)12-13-34-28/h3-9,15,19H,10-14,16-18H2,1-2H3/t19-/m0/s1. The molecular formula is C28H31N3O5S. The van der Waals surface area contributed by atoms with Crippen molar-refractivity contribution in [3.05, 3.63) is 76.6 Å². The fourth-order valence-corrected chi connectivity index (χ4v) is 6.76. The number of hydrogen-bond donors (Lipinski definition) is 0. The molecule has 0 saturated carbocycles. The first-order valence-electron chi connectivity index (χ1n) is 12.7. The Bertz CT molecular complexity index is 1430. The van der Waals surface area contributed by atoms with Gasteiger partial charge in [0.05, 0.1) is 35.5 Å². The van der Waals surface area contributed by atoms with E-state index in [9.17, 15) is 8.42 Å². The molecule has 3 aliphatic rings. The maximum Gasteiger partial charge on any atom is 0.243 e. The summed E-state index contributed by atoms with van der Waals surface area (Å²) >= 11 is 0. The molecule has 3 aliphatic heterocycles. The van der Waals surface area contributed by atoms with E-state index in [0.29, 0.717) is 38.5 Å². The van der Waals surface area contributed by atoms with Gasteiger partial charge in [-0.3, -0.25) is 4.98 Å². The zero-order valence-electron chi connectivity index (χ0n) is 21.1. The van der Waals surface area contributed by atoms with E-state index in [-0.39, 0.29) is 17.5 Å². The smallest absolute Gasteiger partial charge is 0.243 e. The fourth-order valence-electron chi connectivity index (χ4n) is 5.33. The highest BCUT2D eigenvalue weighted by molar-refractivity contribution is 7.89. The van der Waals surface area contributed by atoms with Crippen molar-refractivity contribution in [2.24, 2.45) is 0 Å². The van der Waals surface area contributed by atoms with Gasteiger partial charge in [-0.2, -0.15) is 4.31 Å². The lowest BCUT2D eigenvalue weighted by Gasteiger charge is -2.34. The summed E-state index contributed by atoms with van der Waals surface area (Å²) in [6, 6.07) is 14.8. The van der Waals surface area contributed by atoms with E-state index in [1.165, 1.54) is 0 Å². The van der Waals surface area contributed by atoms with Gasteiger partial charge in [0.2, 0.25) is 10.0 Å². The topological polar surface area (TPSA) is 81.2 Å². The summed E-state index contributed by atoms with van der Waals surface area (Å²) in [6.45, 7) is 4.86. The van der Waals surface area contributed by atoms with Crippen molar-refractivity contribution in [3.63, 3.8) is 0 Å². The van der Waals surface area contributed by atoms with Crippen LogP contribution in [0.15, 0.2) is 53.4 Å². The molecule has 6 rings (SSSR count). The minimum absolute atomic E-state index is 0.0703. The number of nitrogens with zero attached hydrogens (tertiary/aromatic N) is 3. The Morgan fingerprint density at radius 2 is 1.92 bits per heavy atom. The average molecular weight is 522 g/mol. The van der Waals surface area contributed by atoms with Crippen LogP contribution in [0.2, 0.25) is 0 Å². The predicted molar refractivity (Wildman–Crippen MR) is 139 cm³/mol. The third-order valence-corrected chi connectivity index (χ3v) is 9.26. The van der Waals surface area contributed by atoms with E-state index in [4.69, 9.17) is 19.2 Å². The van der Waals surface area contributed by atoms with E-state index in [1.54, 1.807) is 22.5 Å². The maximum absolute atomic E-state index is 13.7. The number of pyridine rings is 1. The molecule has 0 spiro atoms. The molecule has 0 unspecified atom stereocenters. The first kappa shape index (κ1) is 24.2. The van der Waals surface area contributed by atoms with Gasteiger partial charge in [-0.05, 0) is 53.9 Å². The van der Waals surface area contributed by atoms with Crippen LogP contribution < -0.4 is 14.4 Å². The van der Waals surface area contributed by atoms with Crippen LogP contribution in [0.25, 0.3) is 0 Å². The molecule has 0 radical (unpaired) electrons. The highest BCUT2D eigenvalue weighted by atomic mass is 32.2. The van der Waals surface area contributed by atoms with Gasteiger partial charge in [-0.15, -0.1) is 0 Å². The third-order valence-electron chi connectivity index (χ3n) is 7.41. The summed E-state index contributed by atoms with van der Waals surface area (Å²) in [5.74, 6) is 1.51. The lowest BCUT2D eigenvalue weighted by Crippen LogP contribution is -2.38. The van der Waals surface area contributed by atoms with Crippen LogP contribution in [-0.2, 0) is 47.4 Å². The van der Waals surface area contributed by atoms with Crippen molar-refractivity contribution in [1.82, 2.24) is 9.29 Å². The molecule has 1 atom stereocenters. The fraction of sp³-hybridized carbons (Fsp3) is 0.393. The monoisotopic (exact) mass is 521 g/mol. The number of ether oxygens (including phenoxy) is 3. The van der Waals surface area contributed by atoms with Crippen LogP contribution in [0.1, 0.15) is 35.0 Å². The van der Waals surface area contributed by atoms with Crippen molar-refractivity contribution in [1.29, 1.82) is 0 Å². The molecule has 3 aromatic rings. The van der Waals surface area contributed by atoms with Crippen LogP contribution >= 0.6 is 0 Å². The highest BCUT2D eigenvalue weighted by Crippen LogP contribution is 2.36. The molecule has 0 saturated heterocycles. The Balaban J connectivity index is 1.31. The molecule has 37 heavy (non-hydrogen) atoms. The number of anilines is 1. The van der Waals surface area contributed by atoms with Gasteiger partial charge in [-0.1, -0.05) is 18.2 Å². The first-order chi connectivity index (χ1) is 17.9. The molecule has 8 nitrogen and oxygen atoms in total. The first-order valence-corrected chi connectivity index (χ1v) is 14.1. The van der Waals surface area contributed by atoms with Crippen LogP contribution in [0.3, 0.4) is 0 Å². The average Bonchev–Trinajstić information content (AvgIpc) is 2.92. The second kappa shape index (κ2) is 9.63. The molecule has 194 valence electrons. The van der Waals surface area contributed by atoms with Gasteiger partial charge in [0.25, 0.3) is 0 Å². The molecular weight excluding hydrogens is 490 g/mol. The molecule has 0 N–H and O–H groups in total. The van der Waals surface area contributed by atoms with Crippen LogP contribution in [-0.4, -0.2) is 50.6 Å². The SMILES string of the molecule is C[C@H]1Cc2c(COc3ccccc3)nc3c(c2CO1)CN(S(=O)(=O)c1ccc2c(c1)N(C)CCO2)CC3. The lowest BCUT2D eigenvalue weighted by atomic mass is 9.91. The number of aromatic nitrogens is 1. The van der Waals surface area contributed by atoms with Gasteiger partial charge < -0.3 is 19.1 Å². The number of hydrogen-bond acceptors (Lipinski definition) is 7. The molecule has 2 aromatic carbocycles. The van der Waals surface area contributed by atoms with E-state index >= 15 is 0 Å². The number of sulfonamides is 1. The van der Waals surface area contributed by atoms with Crippen LogP contribution in [0, 0.1) is 0 Å². The number of benzene rings is 2. The minimum atomic E-state index is -3.70. The van der Waals surface area contributed by atoms with Crippen molar-refractivity contribution in [2.45, 2.75) is 50.5 Å². The van der Waals surface area contributed by atoms with Gasteiger partial charge in [0, 0.05) is 38.7 Å². The summed E-state index contributed by atoms with van der Waals surface area (Å²) in [6.07, 6.45) is 1.34. The van der Waals surface area contributed by atoms with E-state index in [0.717, 1.165) is 52.5 Å². The van der Waals surface area contributed by atoms with Gasteiger partial charge in [0.15, 0.2) is 0 Å². The predicted octanol–water partition coefficient (Wildman–Crippen LogP) is 3.70. The third kappa shape index (κ3) is 4.56. The van der Waals surface area contributed by atoms with Gasteiger partial charge >= 0.3 is 0 Å². The normalized spacial score (nSPS) is 19.4. The Morgan fingerprint density at radius 3 is 2.76 bits per heavy atom. The van der Waals surface area contributed by atoms with Crippen molar-refractivity contribution in [3.8, 4) is 11.5 Å². The van der Waals surface area contributed by atoms with Crippen molar-refractivity contribution >= 4 is 15.7 Å². The largest absolute Gasteiger partial charge is 0.490 e. The summed E-state index contributed by atoms with van der Waals surface area (Å²) in [4.78, 5) is 7.32. The maximum atomic E-state index is 13.7. The van der Waals surface area contributed by atoms with Crippen molar-refractivity contribution < 1.29 is 22.6 Å². The number of para-hydroxylation sites is 1. The zero-order chi connectivity index (χ0) is 25.6. The molecule has 1 aromatic heterocycles. The van der Waals surface area contributed by atoms with Crippen LogP contribution in [0.4, 0.5) is 5.69 Å². The Hall–Kier alpha value is -3.14. The number of fused-ring (bicyclic) bond motifs is 4. The molecule has 0 aliphatic carbocycles. The quantitative estimate of drug-likeness (QED) is 0.507. The lowest BCUT2D eigenvalue weighted by molar-refractivity contribution is 0.0391. The second-order valence-corrected chi connectivity index (χ2v) is 11.8. The highest BCUT2D eigenvalue weighted by Gasteiger charge is 2.34. The zero-order valence-corrected chi connectivity index (χ0v) is 22.0. The Labute approximate surface area is 217 Å². The minimum Gasteiger partial charge on any atom is -0.490 e. The summed E-state index contributed by atoms with van der Waals surface area (Å²) in [5, 5.41) is 0. The van der Waals surface area contributed by atoms with E-state index in [2.05, 4.69) is 6.92 Å². The van der Waals surface area contributed by atoms with E-state index < -0.39 is 10.0 Å². The molecule has 0 fully saturated rings. The second-order valence-electron chi connectivity index (χ2n) is 9.86. The van der Waals surface area contributed by atoms with Gasteiger partial charge in [0.1, 0.15) is 24.7 Å². The molecule has 0 bridgehead atoms. The van der Waals surface area contributed by atoms with Crippen LogP contribution in [0.5, 0.6) is 11.5 Å². The summed E-state index contributed by atoms with van der Waals surface area (Å²) in [5.41, 5.74) is 5.82. The summed E-state index contributed by atoms with van der Waals surface area (Å²) < 4.78 is 46.8. The Kier molecular flexibility index (Phi) is 6.30. The summed E-state index contributed by atoms with van der Waals surface area (Å²) in [7, 11) is -1.75. The molecule has 0 amide bonds. The van der Waals surface area contributed by atoms with Gasteiger partial charge in [-0.25, -0.2) is 8.42 Å².